The van der Waals surface area contributed by atoms with Crippen molar-refractivity contribution in [1.29, 1.82) is 0 Å². The van der Waals surface area contributed by atoms with Crippen LogP contribution in [0.5, 0.6) is 11.5 Å². The number of amides is 2. The zero-order valence-corrected chi connectivity index (χ0v) is 26.8. The van der Waals surface area contributed by atoms with Crippen molar-refractivity contribution >= 4 is 29.5 Å². The molecule has 5 aliphatic rings. The number of methoxy groups -OCH3 is 1. The molecule has 4 heterocycles. The van der Waals surface area contributed by atoms with Gasteiger partial charge in [0.05, 0.1) is 30.6 Å². The summed E-state index contributed by atoms with van der Waals surface area (Å²) in [5.74, 6) is 1.39. The molecular weight excluding hydrogens is 589 g/mol. The van der Waals surface area contributed by atoms with Gasteiger partial charge in [-0.25, -0.2) is 4.39 Å². The van der Waals surface area contributed by atoms with Gasteiger partial charge in [0.2, 0.25) is 11.8 Å². The number of fused-ring (bicyclic) bond motifs is 3. The molecule has 2 unspecified atom stereocenters. The van der Waals surface area contributed by atoms with Crippen LogP contribution in [0, 0.1) is 17.2 Å². The number of halogens is 1. The second kappa shape index (κ2) is 12.5. The first kappa shape index (κ1) is 30.9. The number of carbonyl (C=O) groups excluding carboxylic acids is 3. The highest BCUT2D eigenvalue weighted by molar-refractivity contribution is 6.00. The molecule has 11 heteroatoms. The smallest absolute Gasteiger partial charge is 0.243 e. The standard InChI is InChI=1S/C35H44FN5O5/c1-38(29-5-6-33(43)37-34(29)44)17-24-13-31-32(14-25(24)19-42)46-20-26-18-39(11-12-41(26)31)16-23-7-9-35(10-8-23)21-40(22-35)30-15-27(45-2)3-4-28(30)36/h3-4,13-15,19,23,26,29H,5-12,16-18,20-22H2,1-2H3,(H,37,43,44). The molecule has 1 N–H and O–H groups in total. The number of piperidine rings is 1. The average Bonchev–Trinajstić information content (AvgIpc) is 3.04. The van der Waals surface area contributed by atoms with E-state index in [1.54, 1.807) is 13.2 Å². The van der Waals surface area contributed by atoms with Crippen molar-refractivity contribution in [1.82, 2.24) is 15.1 Å². The number of benzene rings is 2. The van der Waals surface area contributed by atoms with Crippen molar-refractivity contribution in [3.8, 4) is 11.5 Å². The van der Waals surface area contributed by atoms with E-state index in [2.05, 4.69) is 26.1 Å². The van der Waals surface area contributed by atoms with Crippen LogP contribution in [0.4, 0.5) is 15.8 Å². The molecule has 7 rings (SSSR count). The van der Waals surface area contributed by atoms with E-state index in [0.717, 1.165) is 62.6 Å². The van der Waals surface area contributed by atoms with Gasteiger partial charge in [0.15, 0.2) is 6.29 Å². The number of likely N-dealkylation sites (N-methyl/N-ethyl adjacent to an activating group) is 1. The summed E-state index contributed by atoms with van der Waals surface area (Å²) in [4.78, 5) is 45.2. The number of ether oxygens (including phenoxy) is 2. The van der Waals surface area contributed by atoms with E-state index in [1.165, 1.54) is 31.7 Å². The molecule has 2 atom stereocenters. The van der Waals surface area contributed by atoms with E-state index in [9.17, 15) is 18.8 Å². The van der Waals surface area contributed by atoms with Gasteiger partial charge in [-0.15, -0.1) is 0 Å². The predicted molar refractivity (Wildman–Crippen MR) is 172 cm³/mol. The molecule has 2 amide bonds. The summed E-state index contributed by atoms with van der Waals surface area (Å²) in [5.41, 5.74) is 3.38. The van der Waals surface area contributed by atoms with Crippen molar-refractivity contribution in [3.05, 3.63) is 47.3 Å². The Morgan fingerprint density at radius 2 is 1.91 bits per heavy atom. The molecule has 0 aromatic heterocycles. The molecule has 1 aliphatic carbocycles. The predicted octanol–water partition coefficient (Wildman–Crippen LogP) is 3.46. The van der Waals surface area contributed by atoms with Gasteiger partial charge < -0.3 is 19.3 Å². The monoisotopic (exact) mass is 633 g/mol. The zero-order chi connectivity index (χ0) is 32.0. The van der Waals surface area contributed by atoms with Gasteiger partial charge in [0.25, 0.3) is 0 Å². The van der Waals surface area contributed by atoms with Crippen molar-refractivity contribution in [3.63, 3.8) is 0 Å². The Hall–Kier alpha value is -3.70. The Kier molecular flexibility index (Phi) is 8.39. The quantitative estimate of drug-likeness (QED) is 0.347. The second-order valence-electron chi connectivity index (χ2n) is 14.1. The first-order valence-corrected chi connectivity index (χ1v) is 16.6. The minimum Gasteiger partial charge on any atom is -0.497 e. The maximum absolute atomic E-state index is 14.5. The van der Waals surface area contributed by atoms with Crippen LogP contribution in [-0.2, 0) is 16.1 Å². The van der Waals surface area contributed by atoms with Crippen LogP contribution in [0.25, 0.3) is 0 Å². The van der Waals surface area contributed by atoms with Crippen LogP contribution in [0.2, 0.25) is 0 Å². The first-order chi connectivity index (χ1) is 22.2. The Morgan fingerprint density at radius 1 is 1.11 bits per heavy atom. The molecule has 246 valence electrons. The molecule has 1 spiro atoms. The maximum Gasteiger partial charge on any atom is 0.243 e. The molecule has 1 saturated carbocycles. The number of hydrogen-bond donors (Lipinski definition) is 1. The summed E-state index contributed by atoms with van der Waals surface area (Å²) in [5, 5.41) is 2.43. The molecule has 10 nitrogen and oxygen atoms in total. The molecule has 2 aromatic rings. The van der Waals surface area contributed by atoms with Crippen LogP contribution in [-0.4, -0.2) is 100 Å². The molecule has 4 aliphatic heterocycles. The molecule has 2 aromatic carbocycles. The maximum atomic E-state index is 14.5. The Balaban J connectivity index is 0.936. The number of nitrogens with one attached hydrogen (secondary N) is 1. The lowest BCUT2D eigenvalue weighted by Gasteiger charge is -2.55. The minimum absolute atomic E-state index is 0.183. The number of nitrogens with zero attached hydrogens (tertiary/aromatic N) is 4. The number of piperazine rings is 1. The molecule has 0 radical (unpaired) electrons. The van der Waals surface area contributed by atoms with Crippen LogP contribution >= 0.6 is 0 Å². The second-order valence-corrected chi connectivity index (χ2v) is 14.1. The van der Waals surface area contributed by atoms with Gasteiger partial charge in [-0.1, -0.05) is 0 Å². The van der Waals surface area contributed by atoms with Crippen LogP contribution in [0.3, 0.4) is 0 Å². The van der Waals surface area contributed by atoms with Gasteiger partial charge >= 0.3 is 0 Å². The number of rotatable bonds is 8. The van der Waals surface area contributed by atoms with Crippen molar-refractivity contribution in [2.45, 2.75) is 57.2 Å². The minimum atomic E-state index is -0.408. The van der Waals surface area contributed by atoms with Crippen LogP contribution in [0.1, 0.15) is 54.4 Å². The molecular formula is C35H44FN5O5. The van der Waals surface area contributed by atoms with E-state index < -0.39 is 6.04 Å². The van der Waals surface area contributed by atoms with Crippen molar-refractivity contribution in [2.75, 3.05) is 69.8 Å². The van der Waals surface area contributed by atoms with Gasteiger partial charge in [-0.05, 0) is 74.9 Å². The Bertz CT molecular complexity index is 1500. The highest BCUT2D eigenvalue weighted by atomic mass is 19.1. The van der Waals surface area contributed by atoms with E-state index in [-0.39, 0.29) is 23.7 Å². The van der Waals surface area contributed by atoms with Crippen LogP contribution < -0.4 is 24.6 Å². The fourth-order valence-corrected chi connectivity index (χ4v) is 8.38. The topological polar surface area (TPSA) is 94.7 Å². The third kappa shape index (κ3) is 5.95. The summed E-state index contributed by atoms with van der Waals surface area (Å²) in [6.45, 7) is 6.73. The number of imide groups is 1. The summed E-state index contributed by atoms with van der Waals surface area (Å²) < 4.78 is 26.0. The van der Waals surface area contributed by atoms with E-state index in [1.807, 2.05) is 24.1 Å². The Morgan fingerprint density at radius 3 is 2.65 bits per heavy atom. The molecule has 4 fully saturated rings. The number of hydrogen-bond acceptors (Lipinski definition) is 9. The summed E-state index contributed by atoms with van der Waals surface area (Å²) in [7, 11) is 3.48. The average molecular weight is 634 g/mol. The highest BCUT2D eigenvalue weighted by Gasteiger charge is 2.46. The van der Waals surface area contributed by atoms with Crippen molar-refractivity contribution < 1.29 is 28.2 Å². The number of carbonyl (C=O) groups is 3. The van der Waals surface area contributed by atoms with Gasteiger partial charge in [-0.2, -0.15) is 0 Å². The summed E-state index contributed by atoms with van der Waals surface area (Å²) in [6.07, 6.45) is 6.43. The lowest BCUT2D eigenvalue weighted by Crippen LogP contribution is -2.59. The fourth-order valence-electron chi connectivity index (χ4n) is 8.38. The number of aldehydes is 1. The summed E-state index contributed by atoms with van der Waals surface area (Å²) >= 11 is 0. The summed E-state index contributed by atoms with van der Waals surface area (Å²) in [6, 6.07) is 8.69. The van der Waals surface area contributed by atoms with E-state index >= 15 is 0 Å². The largest absolute Gasteiger partial charge is 0.497 e. The normalized spacial score (nSPS) is 24.6. The molecule has 3 saturated heterocycles. The number of anilines is 2. The zero-order valence-electron chi connectivity index (χ0n) is 26.8. The highest BCUT2D eigenvalue weighted by Crippen LogP contribution is 2.48. The van der Waals surface area contributed by atoms with E-state index in [0.29, 0.717) is 54.3 Å². The molecule has 0 bridgehead atoms. The first-order valence-electron chi connectivity index (χ1n) is 16.6. The van der Waals surface area contributed by atoms with Crippen molar-refractivity contribution in [2.24, 2.45) is 11.3 Å². The Labute approximate surface area is 269 Å². The van der Waals surface area contributed by atoms with Gasteiger partial charge in [0.1, 0.15) is 23.9 Å². The molecule has 46 heavy (non-hydrogen) atoms. The van der Waals surface area contributed by atoms with Gasteiger partial charge in [0, 0.05) is 69.3 Å². The van der Waals surface area contributed by atoms with Gasteiger partial charge in [-0.3, -0.25) is 29.5 Å². The fraction of sp³-hybridized carbons (Fsp3) is 0.571. The van der Waals surface area contributed by atoms with E-state index in [4.69, 9.17) is 9.47 Å². The third-order valence-corrected chi connectivity index (χ3v) is 11.0. The third-order valence-electron chi connectivity index (χ3n) is 11.0. The lowest BCUT2D eigenvalue weighted by molar-refractivity contribution is -0.137. The lowest BCUT2D eigenvalue weighted by atomic mass is 9.65. The SMILES string of the molecule is COc1ccc(F)c(N2CC3(CCC(CN4CCN5c6cc(CN(C)C7CCC(=O)NC7=O)c(C=O)cc6OCC5C4)CC3)C2)c1. The van der Waals surface area contributed by atoms with Crippen LogP contribution in [0.15, 0.2) is 30.3 Å².